The molecule has 0 unspecified atom stereocenters. The average molecular weight is 253 g/mol. The van der Waals surface area contributed by atoms with Gasteiger partial charge in [0.25, 0.3) is 0 Å². The largest absolute Gasteiger partial charge is 0.504 e. The highest BCUT2D eigenvalue weighted by molar-refractivity contribution is 5.75. The number of carbonyl (C=O) groups excluding carboxylic acids is 1. The van der Waals surface area contributed by atoms with Crippen molar-refractivity contribution in [3.05, 3.63) is 23.8 Å². The van der Waals surface area contributed by atoms with Gasteiger partial charge in [0.05, 0.1) is 0 Å². The molecule has 0 aliphatic rings. The number of rotatable bonds is 7. The molecular weight excluding hydrogens is 234 g/mol. The summed E-state index contributed by atoms with van der Waals surface area (Å²) in [5.74, 6) is -0.470. The van der Waals surface area contributed by atoms with Gasteiger partial charge in [0.1, 0.15) is 0 Å². The van der Waals surface area contributed by atoms with E-state index < -0.39 is 0 Å². The lowest BCUT2D eigenvalue weighted by atomic mass is 10.2. The average Bonchev–Trinajstić information content (AvgIpc) is 2.36. The Morgan fingerprint density at radius 3 is 2.89 bits per heavy atom. The first-order chi connectivity index (χ1) is 8.65. The monoisotopic (exact) mass is 253 g/mol. The quantitative estimate of drug-likeness (QED) is 0.508. The minimum absolute atomic E-state index is 0.0996. The molecule has 1 amide bonds. The molecule has 0 heterocycles. The zero-order chi connectivity index (χ0) is 13.4. The topological polar surface area (TPSA) is 78.8 Å². The van der Waals surface area contributed by atoms with Gasteiger partial charge in [-0.25, -0.2) is 0 Å². The molecule has 1 rings (SSSR count). The first-order valence-electron chi connectivity index (χ1n) is 5.99. The minimum Gasteiger partial charge on any atom is -0.504 e. The maximum Gasteiger partial charge on any atom is 0.220 e. The molecule has 0 aromatic heterocycles. The summed E-state index contributed by atoms with van der Waals surface area (Å²) in [6.45, 7) is 3.33. The van der Waals surface area contributed by atoms with Crippen molar-refractivity contribution in [2.45, 2.75) is 26.3 Å². The number of aromatic hydroxyl groups is 2. The SMILES string of the molecule is CCOCCCC(=O)NCc1cccc(O)c1O. The third-order valence-corrected chi connectivity index (χ3v) is 2.47. The Balaban J connectivity index is 2.32. The van der Waals surface area contributed by atoms with Crippen LogP contribution < -0.4 is 5.32 Å². The van der Waals surface area contributed by atoms with Crippen molar-refractivity contribution in [1.29, 1.82) is 0 Å². The zero-order valence-corrected chi connectivity index (χ0v) is 10.5. The van der Waals surface area contributed by atoms with Crippen LogP contribution in [0.25, 0.3) is 0 Å². The lowest BCUT2D eigenvalue weighted by molar-refractivity contribution is -0.121. The van der Waals surface area contributed by atoms with Gasteiger partial charge in [-0.2, -0.15) is 0 Å². The zero-order valence-electron chi connectivity index (χ0n) is 10.5. The van der Waals surface area contributed by atoms with Crippen LogP contribution in [0.2, 0.25) is 0 Å². The second-order valence-electron chi connectivity index (χ2n) is 3.86. The molecule has 0 spiro atoms. The second-order valence-corrected chi connectivity index (χ2v) is 3.86. The van der Waals surface area contributed by atoms with E-state index in [1.54, 1.807) is 12.1 Å². The van der Waals surface area contributed by atoms with Crippen molar-refractivity contribution in [1.82, 2.24) is 5.32 Å². The van der Waals surface area contributed by atoms with E-state index >= 15 is 0 Å². The highest BCUT2D eigenvalue weighted by atomic mass is 16.5. The van der Waals surface area contributed by atoms with Crippen molar-refractivity contribution < 1.29 is 19.7 Å². The number of phenolic OH excluding ortho intramolecular Hbond substituents is 2. The number of para-hydroxylation sites is 1. The van der Waals surface area contributed by atoms with Crippen LogP contribution in [0.15, 0.2) is 18.2 Å². The van der Waals surface area contributed by atoms with Gasteiger partial charge in [-0.3, -0.25) is 4.79 Å². The Bertz CT molecular complexity index is 393. The first kappa shape index (κ1) is 14.3. The lowest BCUT2D eigenvalue weighted by Gasteiger charge is -2.08. The molecule has 3 N–H and O–H groups in total. The van der Waals surface area contributed by atoms with Gasteiger partial charge < -0.3 is 20.3 Å². The Labute approximate surface area is 106 Å². The van der Waals surface area contributed by atoms with Gasteiger partial charge in [0, 0.05) is 31.7 Å². The molecule has 5 heteroatoms. The molecule has 0 saturated heterocycles. The smallest absolute Gasteiger partial charge is 0.220 e. The second kappa shape index (κ2) is 7.55. The summed E-state index contributed by atoms with van der Waals surface area (Å²) in [6.07, 6.45) is 1.06. The number of nitrogens with one attached hydrogen (secondary N) is 1. The van der Waals surface area contributed by atoms with E-state index in [0.717, 1.165) is 0 Å². The molecular formula is C13H19NO4. The van der Waals surface area contributed by atoms with Crippen molar-refractivity contribution >= 4 is 5.91 Å². The Kier molecular flexibility index (Phi) is 6.00. The van der Waals surface area contributed by atoms with Gasteiger partial charge in [0.2, 0.25) is 5.91 Å². The Morgan fingerprint density at radius 2 is 2.17 bits per heavy atom. The van der Waals surface area contributed by atoms with Crippen molar-refractivity contribution in [3.8, 4) is 11.5 Å². The Morgan fingerprint density at radius 1 is 1.39 bits per heavy atom. The fourth-order valence-corrected chi connectivity index (χ4v) is 1.48. The van der Waals surface area contributed by atoms with Crippen LogP contribution >= 0.6 is 0 Å². The molecule has 0 saturated carbocycles. The van der Waals surface area contributed by atoms with Crippen LogP contribution in [0.3, 0.4) is 0 Å². The maximum absolute atomic E-state index is 11.5. The Hall–Kier alpha value is -1.75. The predicted molar refractivity (Wildman–Crippen MR) is 67.3 cm³/mol. The molecule has 1 aromatic carbocycles. The normalized spacial score (nSPS) is 10.3. The molecule has 0 aliphatic heterocycles. The number of phenols is 2. The van der Waals surface area contributed by atoms with E-state index in [0.29, 0.717) is 31.6 Å². The summed E-state index contributed by atoms with van der Waals surface area (Å²) in [5, 5.41) is 21.5. The van der Waals surface area contributed by atoms with E-state index in [4.69, 9.17) is 4.74 Å². The number of hydrogen-bond acceptors (Lipinski definition) is 4. The summed E-state index contributed by atoms with van der Waals surface area (Å²) in [5.41, 5.74) is 0.494. The minimum atomic E-state index is -0.188. The van der Waals surface area contributed by atoms with Crippen molar-refractivity contribution in [3.63, 3.8) is 0 Å². The van der Waals surface area contributed by atoms with Gasteiger partial charge in [-0.15, -0.1) is 0 Å². The standard InChI is InChI=1S/C13H19NO4/c1-2-18-8-4-7-12(16)14-9-10-5-3-6-11(15)13(10)17/h3,5-6,15,17H,2,4,7-9H2,1H3,(H,14,16). The molecule has 5 nitrogen and oxygen atoms in total. The first-order valence-corrected chi connectivity index (χ1v) is 5.99. The third kappa shape index (κ3) is 4.63. The number of hydrogen-bond donors (Lipinski definition) is 3. The van der Waals surface area contributed by atoms with E-state index in [9.17, 15) is 15.0 Å². The van der Waals surface area contributed by atoms with Crippen LogP contribution in [0.4, 0.5) is 0 Å². The molecule has 100 valence electrons. The van der Waals surface area contributed by atoms with E-state index in [1.165, 1.54) is 6.07 Å². The summed E-state index contributed by atoms with van der Waals surface area (Å²) >= 11 is 0. The van der Waals surface area contributed by atoms with Crippen molar-refractivity contribution in [2.24, 2.45) is 0 Å². The number of carbonyl (C=O) groups is 1. The summed E-state index contributed by atoms with van der Waals surface area (Å²) in [4.78, 5) is 11.5. The molecule has 0 atom stereocenters. The number of ether oxygens (including phenoxy) is 1. The predicted octanol–water partition coefficient (Wildman–Crippen LogP) is 1.53. The van der Waals surface area contributed by atoms with Crippen molar-refractivity contribution in [2.75, 3.05) is 13.2 Å². The lowest BCUT2D eigenvalue weighted by Crippen LogP contribution is -2.22. The van der Waals surface area contributed by atoms with Crippen LogP contribution in [0.1, 0.15) is 25.3 Å². The third-order valence-electron chi connectivity index (χ3n) is 2.47. The van der Waals surface area contributed by atoms with E-state index in [-0.39, 0.29) is 24.0 Å². The van der Waals surface area contributed by atoms with E-state index in [2.05, 4.69) is 5.32 Å². The van der Waals surface area contributed by atoms with Crippen LogP contribution in [0.5, 0.6) is 11.5 Å². The van der Waals surface area contributed by atoms with Crippen LogP contribution in [-0.4, -0.2) is 29.3 Å². The van der Waals surface area contributed by atoms with Crippen LogP contribution in [0, 0.1) is 0 Å². The fraction of sp³-hybridized carbons (Fsp3) is 0.462. The summed E-state index contributed by atoms with van der Waals surface area (Å²) in [6, 6.07) is 4.66. The molecule has 0 radical (unpaired) electrons. The molecule has 18 heavy (non-hydrogen) atoms. The van der Waals surface area contributed by atoms with Crippen LogP contribution in [-0.2, 0) is 16.1 Å². The summed E-state index contributed by atoms with van der Waals surface area (Å²) in [7, 11) is 0. The molecule has 0 aliphatic carbocycles. The fourth-order valence-electron chi connectivity index (χ4n) is 1.48. The highest BCUT2D eigenvalue weighted by Crippen LogP contribution is 2.27. The van der Waals surface area contributed by atoms with Gasteiger partial charge in [-0.1, -0.05) is 12.1 Å². The molecule has 1 aromatic rings. The van der Waals surface area contributed by atoms with Gasteiger partial charge in [-0.05, 0) is 19.4 Å². The summed E-state index contributed by atoms with van der Waals surface area (Å²) < 4.78 is 5.13. The molecule has 0 bridgehead atoms. The number of amides is 1. The highest BCUT2D eigenvalue weighted by Gasteiger charge is 2.07. The molecule has 0 fully saturated rings. The van der Waals surface area contributed by atoms with E-state index in [1.807, 2.05) is 6.92 Å². The maximum atomic E-state index is 11.5. The van der Waals surface area contributed by atoms with Gasteiger partial charge >= 0.3 is 0 Å². The van der Waals surface area contributed by atoms with Gasteiger partial charge in [0.15, 0.2) is 11.5 Å². The number of benzene rings is 1.